The smallest absolute Gasteiger partial charge is 0.123 e. The van der Waals surface area contributed by atoms with E-state index in [4.69, 9.17) is 9.84 Å². The van der Waals surface area contributed by atoms with E-state index in [0.29, 0.717) is 5.92 Å². The van der Waals surface area contributed by atoms with Crippen molar-refractivity contribution in [3.05, 3.63) is 23.8 Å². The van der Waals surface area contributed by atoms with Gasteiger partial charge in [0.15, 0.2) is 0 Å². The van der Waals surface area contributed by atoms with Gasteiger partial charge in [-0.1, -0.05) is 19.9 Å². The van der Waals surface area contributed by atoms with Gasteiger partial charge in [-0.05, 0) is 42.0 Å². The number of aliphatic hydroxyl groups is 1. The Morgan fingerprint density at radius 2 is 2.18 bits per heavy atom. The van der Waals surface area contributed by atoms with Gasteiger partial charge in [0.2, 0.25) is 0 Å². The number of nitrogens with one attached hydrogen (secondary N) is 1. The zero-order valence-corrected chi connectivity index (χ0v) is 11.5. The predicted molar refractivity (Wildman–Crippen MR) is 72.6 cm³/mol. The topological polar surface area (TPSA) is 41.5 Å². The second-order valence-electron chi connectivity index (χ2n) is 4.13. The third-order valence-electron chi connectivity index (χ3n) is 2.45. The van der Waals surface area contributed by atoms with Crippen LogP contribution in [-0.2, 0) is 0 Å². The summed E-state index contributed by atoms with van der Waals surface area (Å²) < 4.78 is 8.60. The largest absolute Gasteiger partial charge is 0.496 e. The average molecular weight is 255 g/mol. The lowest BCUT2D eigenvalue weighted by Gasteiger charge is -2.13. The molecule has 0 spiro atoms. The van der Waals surface area contributed by atoms with Gasteiger partial charge < -0.3 is 9.84 Å². The molecule has 0 bridgehead atoms. The van der Waals surface area contributed by atoms with Crippen LogP contribution in [0.2, 0.25) is 0 Å². The summed E-state index contributed by atoms with van der Waals surface area (Å²) in [5, 5.41) is 8.67. The summed E-state index contributed by atoms with van der Waals surface area (Å²) in [6.07, 6.45) is 0.772. The molecule has 0 fully saturated rings. The SMILES string of the molecule is COc1cc(SNCCCO)ccc1C(C)C. The van der Waals surface area contributed by atoms with Crippen LogP contribution in [0.1, 0.15) is 31.7 Å². The zero-order valence-electron chi connectivity index (χ0n) is 10.7. The first-order valence-corrected chi connectivity index (χ1v) is 6.69. The summed E-state index contributed by atoms with van der Waals surface area (Å²) in [4.78, 5) is 1.13. The van der Waals surface area contributed by atoms with Crippen LogP contribution in [-0.4, -0.2) is 25.4 Å². The third-order valence-corrected chi connectivity index (χ3v) is 3.29. The van der Waals surface area contributed by atoms with E-state index in [1.54, 1.807) is 19.1 Å². The molecule has 96 valence electrons. The summed E-state index contributed by atoms with van der Waals surface area (Å²) in [5.41, 5.74) is 1.23. The highest BCUT2D eigenvalue weighted by atomic mass is 32.2. The summed E-state index contributed by atoms with van der Waals surface area (Å²) in [7, 11) is 1.70. The molecule has 0 amide bonds. The highest BCUT2D eigenvalue weighted by Gasteiger charge is 2.08. The summed E-state index contributed by atoms with van der Waals surface area (Å²) in [6, 6.07) is 6.25. The maximum atomic E-state index is 8.67. The van der Waals surface area contributed by atoms with Crippen molar-refractivity contribution in [2.24, 2.45) is 0 Å². The fraction of sp³-hybridized carbons (Fsp3) is 0.538. The molecule has 0 saturated heterocycles. The average Bonchev–Trinajstić information content (AvgIpc) is 2.34. The van der Waals surface area contributed by atoms with Crippen molar-refractivity contribution < 1.29 is 9.84 Å². The monoisotopic (exact) mass is 255 g/mol. The molecule has 0 heterocycles. The molecular weight excluding hydrogens is 234 g/mol. The first-order chi connectivity index (χ1) is 8.19. The second kappa shape index (κ2) is 7.58. The van der Waals surface area contributed by atoms with Gasteiger partial charge in [-0.25, -0.2) is 0 Å². The fourth-order valence-electron chi connectivity index (χ4n) is 1.52. The van der Waals surface area contributed by atoms with Gasteiger partial charge in [0.05, 0.1) is 7.11 Å². The quantitative estimate of drug-likeness (QED) is 0.581. The molecule has 3 nitrogen and oxygen atoms in total. The first kappa shape index (κ1) is 14.4. The molecule has 1 rings (SSSR count). The lowest BCUT2D eigenvalue weighted by atomic mass is 10.0. The van der Waals surface area contributed by atoms with Crippen molar-refractivity contribution in [2.75, 3.05) is 20.3 Å². The van der Waals surface area contributed by atoms with E-state index in [0.717, 1.165) is 23.6 Å². The second-order valence-corrected chi connectivity index (χ2v) is 5.10. The lowest BCUT2D eigenvalue weighted by Crippen LogP contribution is -2.07. The molecule has 1 aromatic rings. The lowest BCUT2D eigenvalue weighted by molar-refractivity contribution is 0.290. The van der Waals surface area contributed by atoms with E-state index in [1.165, 1.54) is 5.56 Å². The van der Waals surface area contributed by atoms with Crippen molar-refractivity contribution in [1.82, 2.24) is 4.72 Å². The number of ether oxygens (including phenoxy) is 1. The van der Waals surface area contributed by atoms with E-state index >= 15 is 0 Å². The van der Waals surface area contributed by atoms with Crippen LogP contribution < -0.4 is 9.46 Å². The molecule has 0 radical (unpaired) electrons. The maximum absolute atomic E-state index is 8.67. The Balaban J connectivity index is 2.63. The Hall–Kier alpha value is -0.710. The summed E-state index contributed by atoms with van der Waals surface area (Å²) in [6.45, 7) is 5.34. The molecule has 0 aliphatic rings. The van der Waals surface area contributed by atoms with Crippen LogP contribution >= 0.6 is 11.9 Å². The van der Waals surface area contributed by atoms with Gasteiger partial charge in [0.25, 0.3) is 0 Å². The van der Waals surface area contributed by atoms with Gasteiger partial charge in [0.1, 0.15) is 5.75 Å². The van der Waals surface area contributed by atoms with Gasteiger partial charge in [0, 0.05) is 18.0 Å². The molecule has 4 heteroatoms. The number of hydrogen-bond acceptors (Lipinski definition) is 4. The van der Waals surface area contributed by atoms with E-state index < -0.39 is 0 Å². The van der Waals surface area contributed by atoms with Gasteiger partial charge in [-0.2, -0.15) is 0 Å². The van der Waals surface area contributed by atoms with Gasteiger partial charge in [-0.15, -0.1) is 0 Å². The van der Waals surface area contributed by atoms with Crippen molar-refractivity contribution >= 4 is 11.9 Å². The minimum atomic E-state index is 0.225. The highest BCUT2D eigenvalue weighted by molar-refractivity contribution is 7.97. The number of methoxy groups -OCH3 is 1. The summed E-state index contributed by atoms with van der Waals surface area (Å²) >= 11 is 1.57. The molecule has 2 N–H and O–H groups in total. The molecule has 0 aliphatic carbocycles. The molecular formula is C13H21NO2S. The minimum Gasteiger partial charge on any atom is -0.496 e. The van der Waals surface area contributed by atoms with E-state index in [1.807, 2.05) is 6.07 Å². The van der Waals surface area contributed by atoms with E-state index in [9.17, 15) is 0 Å². The van der Waals surface area contributed by atoms with E-state index in [2.05, 4.69) is 30.7 Å². The number of hydrogen-bond donors (Lipinski definition) is 2. The standard InChI is InChI=1S/C13H21NO2S/c1-10(2)12-6-5-11(9-13(12)16-3)17-14-7-4-8-15/h5-6,9-10,14-15H,4,7-8H2,1-3H3. The number of aliphatic hydroxyl groups excluding tert-OH is 1. The first-order valence-electron chi connectivity index (χ1n) is 5.87. The Bertz CT molecular complexity index is 342. The highest BCUT2D eigenvalue weighted by Crippen LogP contribution is 2.30. The number of rotatable bonds is 7. The van der Waals surface area contributed by atoms with Crippen molar-refractivity contribution in [1.29, 1.82) is 0 Å². The van der Waals surface area contributed by atoms with Crippen LogP contribution in [0.25, 0.3) is 0 Å². The summed E-state index contributed by atoms with van der Waals surface area (Å²) in [5.74, 6) is 1.40. The molecule has 0 aliphatic heterocycles. The molecule has 1 aromatic carbocycles. The normalized spacial score (nSPS) is 10.9. The Labute approximate surface area is 108 Å². The van der Waals surface area contributed by atoms with Crippen molar-refractivity contribution in [3.8, 4) is 5.75 Å². The van der Waals surface area contributed by atoms with Gasteiger partial charge >= 0.3 is 0 Å². The van der Waals surface area contributed by atoms with Crippen LogP contribution in [0.5, 0.6) is 5.75 Å². The van der Waals surface area contributed by atoms with Crippen LogP contribution in [0.15, 0.2) is 23.1 Å². The van der Waals surface area contributed by atoms with Gasteiger partial charge in [-0.3, -0.25) is 4.72 Å². The van der Waals surface area contributed by atoms with Crippen LogP contribution in [0.3, 0.4) is 0 Å². The van der Waals surface area contributed by atoms with Crippen molar-refractivity contribution in [2.45, 2.75) is 31.1 Å². The molecule has 0 saturated carbocycles. The Morgan fingerprint density at radius 3 is 2.76 bits per heavy atom. The van der Waals surface area contributed by atoms with E-state index in [-0.39, 0.29) is 6.61 Å². The molecule has 0 aromatic heterocycles. The fourth-order valence-corrected chi connectivity index (χ4v) is 2.23. The van der Waals surface area contributed by atoms with Crippen LogP contribution in [0, 0.1) is 0 Å². The minimum absolute atomic E-state index is 0.225. The van der Waals surface area contributed by atoms with Crippen molar-refractivity contribution in [3.63, 3.8) is 0 Å². The Kier molecular flexibility index (Phi) is 6.40. The Morgan fingerprint density at radius 1 is 1.41 bits per heavy atom. The van der Waals surface area contributed by atoms with Crippen LogP contribution in [0.4, 0.5) is 0 Å². The zero-order chi connectivity index (χ0) is 12.7. The predicted octanol–water partition coefficient (Wildman–Crippen LogP) is 2.80. The molecule has 0 unspecified atom stereocenters. The molecule has 0 atom stereocenters. The molecule has 17 heavy (non-hydrogen) atoms. The number of benzene rings is 1. The third kappa shape index (κ3) is 4.58. The maximum Gasteiger partial charge on any atom is 0.123 e.